The van der Waals surface area contributed by atoms with E-state index in [-0.39, 0.29) is 11.5 Å². The molecule has 4 aromatic rings. The average Bonchev–Trinajstić information content (AvgIpc) is 3.48. The fraction of sp³-hybridized carbons (Fsp3) is 0.160. The summed E-state index contributed by atoms with van der Waals surface area (Å²) in [6, 6.07) is 15.5. The molecule has 0 saturated heterocycles. The van der Waals surface area contributed by atoms with Crippen LogP contribution in [0.25, 0.3) is 27.9 Å². The van der Waals surface area contributed by atoms with Gasteiger partial charge in [0, 0.05) is 43.5 Å². The van der Waals surface area contributed by atoms with E-state index in [4.69, 9.17) is 10.5 Å². The summed E-state index contributed by atoms with van der Waals surface area (Å²) in [5.41, 5.74) is 13.7. The molecule has 0 fully saturated rings. The molecule has 1 aliphatic rings. The van der Waals surface area contributed by atoms with Gasteiger partial charge in [-0.2, -0.15) is 0 Å². The first-order chi connectivity index (χ1) is 16.1. The van der Waals surface area contributed by atoms with Crippen LogP contribution in [-0.2, 0) is 13.1 Å². The number of benzene rings is 2. The predicted molar refractivity (Wildman–Crippen MR) is 129 cm³/mol. The van der Waals surface area contributed by atoms with E-state index in [1.807, 2.05) is 36.4 Å². The van der Waals surface area contributed by atoms with E-state index in [0.29, 0.717) is 23.0 Å². The predicted octanol–water partition coefficient (Wildman–Crippen LogP) is 3.54. The lowest BCUT2D eigenvalue weighted by Gasteiger charge is -2.09. The van der Waals surface area contributed by atoms with Crippen LogP contribution in [0.15, 0.2) is 65.5 Å². The Morgan fingerprint density at radius 2 is 1.79 bits per heavy atom. The second-order valence-electron chi connectivity index (χ2n) is 7.83. The highest BCUT2D eigenvalue weighted by Crippen LogP contribution is 2.25. The van der Waals surface area contributed by atoms with E-state index in [2.05, 4.69) is 37.4 Å². The highest BCUT2D eigenvalue weighted by molar-refractivity contribution is 6.13. The van der Waals surface area contributed by atoms with E-state index < -0.39 is 0 Å². The fourth-order valence-electron chi connectivity index (χ4n) is 4.02. The minimum atomic E-state index is -0.121. The summed E-state index contributed by atoms with van der Waals surface area (Å²) in [7, 11) is 3.19. The van der Waals surface area contributed by atoms with Crippen LogP contribution < -0.4 is 15.8 Å². The summed E-state index contributed by atoms with van der Waals surface area (Å²) in [5, 5.41) is 14.3. The molecule has 0 atom stereocenters. The van der Waals surface area contributed by atoms with E-state index in [9.17, 15) is 5.11 Å². The van der Waals surface area contributed by atoms with Gasteiger partial charge in [-0.15, -0.1) is 0 Å². The molecule has 0 radical (unpaired) electrons. The third kappa shape index (κ3) is 3.81. The molecule has 0 bridgehead atoms. The van der Waals surface area contributed by atoms with Gasteiger partial charge in [-0.25, -0.2) is 9.97 Å². The number of pyridine rings is 1. The molecule has 8 heteroatoms. The average molecular weight is 441 g/mol. The molecule has 0 saturated carbocycles. The number of aromatic amines is 1. The van der Waals surface area contributed by atoms with Crippen LogP contribution in [0.1, 0.15) is 22.5 Å². The summed E-state index contributed by atoms with van der Waals surface area (Å²) >= 11 is 0. The van der Waals surface area contributed by atoms with E-state index in [1.165, 1.54) is 11.1 Å². The number of methoxy groups -OCH3 is 1. The fourth-order valence-corrected chi connectivity index (χ4v) is 4.02. The number of nitrogens with zero attached hydrogens (tertiary/aromatic N) is 3. The molecule has 33 heavy (non-hydrogen) atoms. The standard InChI is InChI=1S/C25H24N6O2/c1-27-23(25-30-19-9-17-11-28-12-18(17)10-20(19)31-25)24(32)22(26)15-5-3-14(4-6-15)16-7-8-21(33-2)29-13-16/h3-10,13,28,32H,11-12,26H2,1-2H3,(H,30,31). The molecule has 5 N–H and O–H groups in total. The number of fused-ring (bicyclic) bond motifs is 2. The molecule has 2 aromatic heterocycles. The molecule has 8 nitrogen and oxygen atoms in total. The van der Waals surface area contributed by atoms with Crippen LogP contribution in [0.5, 0.6) is 5.88 Å². The van der Waals surface area contributed by atoms with Crippen LogP contribution >= 0.6 is 0 Å². The largest absolute Gasteiger partial charge is 0.504 e. The number of aliphatic hydroxyl groups excluding tert-OH is 1. The summed E-state index contributed by atoms with van der Waals surface area (Å²) in [6.45, 7) is 1.68. The second-order valence-corrected chi connectivity index (χ2v) is 7.83. The highest BCUT2D eigenvalue weighted by atomic mass is 16.5. The first kappa shape index (κ1) is 20.7. The molecule has 0 amide bonds. The van der Waals surface area contributed by atoms with Crippen molar-refractivity contribution in [2.24, 2.45) is 10.7 Å². The zero-order valence-electron chi connectivity index (χ0n) is 18.4. The van der Waals surface area contributed by atoms with Crippen molar-refractivity contribution in [3.05, 3.63) is 83.0 Å². The number of rotatable bonds is 5. The van der Waals surface area contributed by atoms with Crippen molar-refractivity contribution < 1.29 is 9.84 Å². The van der Waals surface area contributed by atoms with E-state index >= 15 is 0 Å². The molecular formula is C25H24N6O2. The summed E-state index contributed by atoms with van der Waals surface area (Å²) in [5.74, 6) is 0.917. The van der Waals surface area contributed by atoms with Crippen LogP contribution in [0.2, 0.25) is 0 Å². The number of aliphatic imine (C=N–C) groups is 1. The van der Waals surface area contributed by atoms with E-state index in [0.717, 1.165) is 35.2 Å². The first-order valence-electron chi connectivity index (χ1n) is 10.6. The van der Waals surface area contributed by atoms with Gasteiger partial charge < -0.3 is 25.9 Å². The maximum absolute atomic E-state index is 10.9. The number of H-pyrrole nitrogens is 1. The normalized spacial score (nSPS) is 14.3. The molecule has 1 aliphatic heterocycles. The Bertz CT molecular complexity index is 1340. The van der Waals surface area contributed by atoms with Gasteiger partial charge >= 0.3 is 0 Å². The maximum Gasteiger partial charge on any atom is 0.212 e. The van der Waals surface area contributed by atoms with Crippen LogP contribution in [0.3, 0.4) is 0 Å². The SMILES string of the molecule is CN=C(C(O)=C(N)c1ccc(-c2ccc(OC)nc2)cc1)c1nc2cc3c(cc2[nH]1)CNC3. The quantitative estimate of drug-likeness (QED) is 0.278. The lowest BCUT2D eigenvalue weighted by molar-refractivity contribution is 0.398. The van der Waals surface area contributed by atoms with Gasteiger partial charge in [-0.1, -0.05) is 24.3 Å². The Balaban J connectivity index is 1.44. The third-order valence-corrected chi connectivity index (χ3v) is 5.84. The molecule has 5 rings (SSSR count). The first-order valence-corrected chi connectivity index (χ1v) is 10.6. The Morgan fingerprint density at radius 3 is 2.45 bits per heavy atom. The smallest absolute Gasteiger partial charge is 0.212 e. The van der Waals surface area contributed by atoms with Crippen LogP contribution in [-0.4, -0.2) is 39.9 Å². The highest BCUT2D eigenvalue weighted by Gasteiger charge is 2.19. The number of ether oxygens (including phenoxy) is 1. The van der Waals surface area contributed by atoms with Crippen molar-refractivity contribution in [3.63, 3.8) is 0 Å². The lowest BCUT2D eigenvalue weighted by atomic mass is 10.0. The Hall–Kier alpha value is -4.17. The zero-order valence-corrected chi connectivity index (χ0v) is 18.4. The number of aliphatic hydroxyl groups is 1. The van der Waals surface area contributed by atoms with Crippen LogP contribution in [0.4, 0.5) is 0 Å². The Kier molecular flexibility index (Phi) is 5.27. The number of aromatic nitrogens is 3. The van der Waals surface area contributed by atoms with Crippen molar-refractivity contribution in [2.75, 3.05) is 14.2 Å². The van der Waals surface area contributed by atoms with Crippen molar-refractivity contribution in [1.29, 1.82) is 0 Å². The summed E-state index contributed by atoms with van der Waals surface area (Å²) < 4.78 is 5.11. The second kappa shape index (κ2) is 8.40. The Labute approximate surface area is 190 Å². The zero-order chi connectivity index (χ0) is 22.9. The summed E-state index contributed by atoms with van der Waals surface area (Å²) in [6.07, 6.45) is 1.75. The number of hydrogen-bond donors (Lipinski definition) is 4. The molecule has 2 aromatic carbocycles. The number of imidazole rings is 1. The van der Waals surface area contributed by atoms with Gasteiger partial charge in [0.05, 0.1) is 23.8 Å². The summed E-state index contributed by atoms with van der Waals surface area (Å²) in [4.78, 5) is 16.4. The van der Waals surface area contributed by atoms with Crippen molar-refractivity contribution in [2.45, 2.75) is 13.1 Å². The lowest BCUT2D eigenvalue weighted by Crippen LogP contribution is -2.13. The van der Waals surface area contributed by atoms with Gasteiger partial charge in [-0.05, 0) is 34.9 Å². The van der Waals surface area contributed by atoms with Gasteiger partial charge in [0.15, 0.2) is 11.6 Å². The molecule has 0 spiro atoms. The van der Waals surface area contributed by atoms with E-state index in [1.54, 1.807) is 20.4 Å². The van der Waals surface area contributed by atoms with Crippen molar-refractivity contribution >= 4 is 22.4 Å². The topological polar surface area (TPSA) is 121 Å². The van der Waals surface area contributed by atoms with Gasteiger partial charge in [-0.3, -0.25) is 4.99 Å². The third-order valence-electron chi connectivity index (χ3n) is 5.84. The van der Waals surface area contributed by atoms with Crippen molar-refractivity contribution in [3.8, 4) is 17.0 Å². The van der Waals surface area contributed by atoms with Crippen LogP contribution in [0, 0.1) is 0 Å². The maximum atomic E-state index is 10.9. The number of hydrogen-bond acceptors (Lipinski definition) is 7. The van der Waals surface area contributed by atoms with Gasteiger partial charge in [0.25, 0.3) is 0 Å². The molecule has 0 aliphatic carbocycles. The number of nitrogens with two attached hydrogens (primary N) is 1. The molecule has 166 valence electrons. The van der Waals surface area contributed by atoms with Gasteiger partial charge in [0.1, 0.15) is 5.71 Å². The van der Waals surface area contributed by atoms with Gasteiger partial charge in [0.2, 0.25) is 5.88 Å². The number of allylic oxidation sites excluding steroid dienone is 1. The number of nitrogens with one attached hydrogen (secondary N) is 2. The van der Waals surface area contributed by atoms with Crippen molar-refractivity contribution in [1.82, 2.24) is 20.3 Å². The molecule has 0 unspecified atom stereocenters. The monoisotopic (exact) mass is 440 g/mol. The molecule has 3 heterocycles. The minimum Gasteiger partial charge on any atom is -0.504 e. The Morgan fingerprint density at radius 1 is 1.06 bits per heavy atom. The molecular weight excluding hydrogens is 416 g/mol. The minimum absolute atomic E-state index is 0.121.